The van der Waals surface area contributed by atoms with Crippen LogP contribution in [-0.2, 0) is 16.1 Å². The van der Waals surface area contributed by atoms with Crippen molar-refractivity contribution in [3.05, 3.63) is 16.1 Å². The number of thiazole rings is 1. The van der Waals surface area contributed by atoms with Gasteiger partial charge in [0.15, 0.2) is 0 Å². The smallest absolute Gasteiger partial charge is 0.254 e. The average molecular weight is 448 g/mol. The number of ether oxygens (including phenoxy) is 1. The number of methoxy groups -OCH3 is 1. The molecule has 2 saturated heterocycles. The lowest BCUT2D eigenvalue weighted by atomic mass is 9.90. The second-order valence-corrected chi connectivity index (χ2v) is 7.68. The molecule has 2 aliphatic rings. The predicted molar refractivity (Wildman–Crippen MR) is 112 cm³/mol. The number of carbonyl (C=O) groups is 1. The molecule has 3 rings (SSSR count). The number of piperazine rings is 1. The van der Waals surface area contributed by atoms with E-state index in [1.54, 1.807) is 18.4 Å². The molecule has 152 valence electrons. The van der Waals surface area contributed by atoms with Gasteiger partial charge < -0.3 is 15.0 Å². The molecular formula is C16H29Cl3N4O2S. The van der Waals surface area contributed by atoms with Gasteiger partial charge in [-0.15, -0.1) is 48.6 Å². The SMILES string of the molecule is COC1(C(=O)N2CCN(Cc3cnc(C)s3)CC2)CCNCC1.Cl.Cl.Cl. The summed E-state index contributed by atoms with van der Waals surface area (Å²) in [5.74, 6) is 0.176. The first kappa shape index (κ1) is 25.9. The van der Waals surface area contributed by atoms with Crippen molar-refractivity contribution in [1.29, 1.82) is 0 Å². The van der Waals surface area contributed by atoms with Crippen molar-refractivity contribution in [2.24, 2.45) is 0 Å². The molecule has 0 aromatic carbocycles. The molecule has 3 heterocycles. The summed E-state index contributed by atoms with van der Waals surface area (Å²) >= 11 is 1.75. The monoisotopic (exact) mass is 446 g/mol. The Morgan fingerprint density at radius 1 is 1.23 bits per heavy atom. The first-order chi connectivity index (χ1) is 11.1. The molecule has 26 heavy (non-hydrogen) atoms. The summed E-state index contributed by atoms with van der Waals surface area (Å²) in [5, 5.41) is 4.42. The van der Waals surface area contributed by atoms with E-state index in [9.17, 15) is 4.79 Å². The number of piperidine rings is 1. The van der Waals surface area contributed by atoms with Gasteiger partial charge in [-0.05, 0) is 32.9 Å². The van der Waals surface area contributed by atoms with Crippen LogP contribution in [-0.4, -0.2) is 72.7 Å². The summed E-state index contributed by atoms with van der Waals surface area (Å²) in [6.45, 7) is 8.08. The minimum absolute atomic E-state index is 0. The van der Waals surface area contributed by atoms with Crippen LogP contribution in [0.5, 0.6) is 0 Å². The molecule has 0 aliphatic carbocycles. The van der Waals surface area contributed by atoms with Gasteiger partial charge in [0.05, 0.1) is 5.01 Å². The van der Waals surface area contributed by atoms with Crippen LogP contribution in [0.15, 0.2) is 6.20 Å². The molecule has 0 spiro atoms. The van der Waals surface area contributed by atoms with E-state index >= 15 is 0 Å². The Kier molecular flexibility index (Phi) is 11.6. The Hall–Kier alpha value is -0.150. The van der Waals surface area contributed by atoms with E-state index in [-0.39, 0.29) is 43.1 Å². The third-order valence-corrected chi connectivity index (χ3v) is 5.80. The van der Waals surface area contributed by atoms with Gasteiger partial charge in [-0.3, -0.25) is 9.69 Å². The van der Waals surface area contributed by atoms with E-state index in [0.29, 0.717) is 0 Å². The van der Waals surface area contributed by atoms with Crippen molar-refractivity contribution < 1.29 is 9.53 Å². The minimum atomic E-state index is -0.609. The van der Waals surface area contributed by atoms with Crippen molar-refractivity contribution in [3.63, 3.8) is 0 Å². The normalized spacial score (nSPS) is 19.7. The van der Waals surface area contributed by atoms with E-state index < -0.39 is 5.60 Å². The summed E-state index contributed by atoms with van der Waals surface area (Å²) < 4.78 is 5.67. The summed E-state index contributed by atoms with van der Waals surface area (Å²) in [7, 11) is 1.67. The average Bonchev–Trinajstić information content (AvgIpc) is 3.00. The number of nitrogens with one attached hydrogen (secondary N) is 1. The largest absolute Gasteiger partial charge is 0.368 e. The molecule has 2 fully saturated rings. The van der Waals surface area contributed by atoms with Crippen molar-refractivity contribution in [1.82, 2.24) is 20.1 Å². The van der Waals surface area contributed by atoms with Crippen molar-refractivity contribution in [2.45, 2.75) is 31.9 Å². The van der Waals surface area contributed by atoms with Gasteiger partial charge in [0.25, 0.3) is 5.91 Å². The Morgan fingerprint density at radius 3 is 2.35 bits per heavy atom. The van der Waals surface area contributed by atoms with Crippen LogP contribution in [0, 0.1) is 6.92 Å². The van der Waals surface area contributed by atoms with Crippen LogP contribution >= 0.6 is 48.6 Å². The molecule has 1 amide bonds. The highest BCUT2D eigenvalue weighted by Gasteiger charge is 2.42. The van der Waals surface area contributed by atoms with Crippen molar-refractivity contribution in [2.75, 3.05) is 46.4 Å². The second-order valence-electron chi connectivity index (χ2n) is 6.36. The number of rotatable bonds is 4. The Morgan fingerprint density at radius 2 is 1.85 bits per heavy atom. The molecule has 0 bridgehead atoms. The highest BCUT2D eigenvalue weighted by atomic mass is 35.5. The fraction of sp³-hybridized carbons (Fsp3) is 0.750. The molecule has 1 N–H and O–H groups in total. The van der Waals surface area contributed by atoms with Gasteiger partial charge in [-0.25, -0.2) is 4.98 Å². The van der Waals surface area contributed by atoms with E-state index in [4.69, 9.17) is 4.74 Å². The molecule has 1 aromatic rings. The molecular weight excluding hydrogens is 419 g/mol. The van der Waals surface area contributed by atoms with Crippen molar-refractivity contribution >= 4 is 54.5 Å². The van der Waals surface area contributed by atoms with Crippen LogP contribution in [0.4, 0.5) is 0 Å². The molecule has 0 radical (unpaired) electrons. The fourth-order valence-corrected chi connectivity index (χ4v) is 4.27. The highest BCUT2D eigenvalue weighted by molar-refractivity contribution is 7.11. The zero-order chi connectivity index (χ0) is 16.3. The molecule has 10 heteroatoms. The lowest BCUT2D eigenvalue weighted by Gasteiger charge is -2.42. The molecule has 2 aliphatic heterocycles. The van der Waals surface area contributed by atoms with E-state index in [2.05, 4.69) is 15.2 Å². The Balaban J connectivity index is 0.00000208. The summed E-state index contributed by atoms with van der Waals surface area (Å²) in [5.41, 5.74) is -0.609. The Bertz CT molecular complexity index is 547. The van der Waals surface area contributed by atoms with Gasteiger partial charge in [-0.1, -0.05) is 0 Å². The number of nitrogens with zero attached hydrogens (tertiary/aromatic N) is 3. The lowest BCUT2D eigenvalue weighted by molar-refractivity contribution is -0.160. The van der Waals surface area contributed by atoms with Crippen molar-refractivity contribution in [3.8, 4) is 0 Å². The molecule has 0 atom stereocenters. The van der Waals surface area contributed by atoms with Gasteiger partial charge in [0.1, 0.15) is 5.60 Å². The number of aromatic nitrogens is 1. The maximum atomic E-state index is 12.9. The third-order valence-electron chi connectivity index (χ3n) is 4.90. The highest BCUT2D eigenvalue weighted by Crippen LogP contribution is 2.26. The van der Waals surface area contributed by atoms with Crippen LogP contribution in [0.2, 0.25) is 0 Å². The number of amides is 1. The minimum Gasteiger partial charge on any atom is -0.368 e. The molecule has 1 aromatic heterocycles. The third kappa shape index (κ3) is 5.92. The number of hydrogen-bond donors (Lipinski definition) is 1. The zero-order valence-electron chi connectivity index (χ0n) is 15.2. The van der Waals surface area contributed by atoms with E-state index in [1.165, 1.54) is 4.88 Å². The summed E-state index contributed by atoms with van der Waals surface area (Å²) in [6.07, 6.45) is 3.50. The topological polar surface area (TPSA) is 57.7 Å². The first-order valence-corrected chi connectivity index (χ1v) is 9.13. The fourth-order valence-electron chi connectivity index (χ4n) is 3.43. The number of halogens is 3. The first-order valence-electron chi connectivity index (χ1n) is 8.32. The second kappa shape index (κ2) is 11.6. The van der Waals surface area contributed by atoms with Crippen LogP contribution in [0.3, 0.4) is 0 Å². The quantitative estimate of drug-likeness (QED) is 0.766. The van der Waals surface area contributed by atoms with Crippen LogP contribution in [0.1, 0.15) is 22.7 Å². The van der Waals surface area contributed by atoms with Gasteiger partial charge in [0.2, 0.25) is 0 Å². The van der Waals surface area contributed by atoms with Gasteiger partial charge in [-0.2, -0.15) is 0 Å². The van der Waals surface area contributed by atoms with Gasteiger partial charge in [0, 0.05) is 50.9 Å². The Labute approximate surface area is 178 Å². The van der Waals surface area contributed by atoms with Gasteiger partial charge >= 0.3 is 0 Å². The standard InChI is InChI=1S/C16H26N4O2S.3ClH/c1-13-18-11-14(23-13)12-19-7-9-20(10-8-19)15(21)16(22-2)3-5-17-6-4-16;;;/h11,17H,3-10,12H2,1-2H3;3*1H. The van der Waals surface area contributed by atoms with Crippen LogP contribution < -0.4 is 5.32 Å². The van der Waals surface area contributed by atoms with E-state index in [0.717, 1.165) is 63.7 Å². The maximum absolute atomic E-state index is 12.9. The number of aryl methyl sites for hydroxylation is 1. The summed E-state index contributed by atoms with van der Waals surface area (Å²) in [4.78, 5) is 22.9. The molecule has 0 unspecified atom stereocenters. The maximum Gasteiger partial charge on any atom is 0.254 e. The predicted octanol–water partition coefficient (Wildman–Crippen LogP) is 2.13. The lowest BCUT2D eigenvalue weighted by Crippen LogP contribution is -2.59. The molecule has 6 nitrogen and oxygen atoms in total. The zero-order valence-corrected chi connectivity index (χ0v) is 18.5. The van der Waals surface area contributed by atoms with Crippen LogP contribution in [0.25, 0.3) is 0 Å². The molecule has 0 saturated carbocycles. The summed E-state index contributed by atoms with van der Waals surface area (Å²) in [6, 6.07) is 0. The number of hydrogen-bond acceptors (Lipinski definition) is 6. The van der Waals surface area contributed by atoms with E-state index in [1.807, 2.05) is 18.0 Å². The number of carbonyl (C=O) groups excluding carboxylic acids is 1.